The number of nitrogens with one attached hydrogen (secondary N) is 1. The van der Waals surface area contributed by atoms with Crippen molar-refractivity contribution in [1.29, 1.82) is 0 Å². The molecule has 0 aromatic carbocycles. The van der Waals surface area contributed by atoms with E-state index in [1.807, 2.05) is 7.05 Å². The number of hydrogen-bond donors (Lipinski definition) is 1. The van der Waals surface area contributed by atoms with Crippen LogP contribution in [-0.4, -0.2) is 58.1 Å². The van der Waals surface area contributed by atoms with Crippen LogP contribution < -0.4 is 5.32 Å². The Hall–Kier alpha value is -0.130. The van der Waals surface area contributed by atoms with E-state index in [0.717, 1.165) is 32.4 Å². The molecule has 0 unspecified atom stereocenters. The van der Waals surface area contributed by atoms with Gasteiger partial charge in [-0.3, -0.25) is 0 Å². The lowest BCUT2D eigenvalue weighted by molar-refractivity contribution is 0.224. The molecule has 0 amide bonds. The van der Waals surface area contributed by atoms with Crippen LogP contribution in [-0.2, 0) is 9.84 Å². The third-order valence-corrected chi connectivity index (χ3v) is 4.80. The minimum absolute atomic E-state index is 0.369. The van der Waals surface area contributed by atoms with Gasteiger partial charge in [-0.15, -0.1) is 0 Å². The van der Waals surface area contributed by atoms with Gasteiger partial charge in [-0.2, -0.15) is 0 Å². The second-order valence-corrected chi connectivity index (χ2v) is 6.62. The smallest absolute Gasteiger partial charge is 0.150 e. The van der Waals surface area contributed by atoms with Crippen molar-refractivity contribution in [2.24, 2.45) is 0 Å². The fraction of sp³-hybridized carbons (Fsp3) is 1.00. The third-order valence-electron chi connectivity index (χ3n) is 3.09. The van der Waals surface area contributed by atoms with Gasteiger partial charge < -0.3 is 10.2 Å². The first-order valence-corrected chi connectivity index (χ1v) is 7.42. The Balaban J connectivity index is 2.27. The second kappa shape index (κ2) is 5.82. The molecular formula is C10H22N2O2S. The lowest BCUT2D eigenvalue weighted by Gasteiger charge is -2.31. The molecule has 15 heavy (non-hydrogen) atoms. The quantitative estimate of drug-likeness (QED) is 0.686. The Labute approximate surface area is 93.0 Å². The highest BCUT2D eigenvalue weighted by Gasteiger charge is 2.25. The predicted octanol–water partition coefficient (Wildman–Crippen LogP) is 0.105. The molecule has 1 heterocycles. The topological polar surface area (TPSA) is 49.4 Å². The summed E-state index contributed by atoms with van der Waals surface area (Å²) >= 11 is 0. The van der Waals surface area contributed by atoms with Crippen molar-refractivity contribution in [2.75, 3.05) is 38.7 Å². The van der Waals surface area contributed by atoms with E-state index < -0.39 is 9.84 Å². The highest BCUT2D eigenvalue weighted by Crippen LogP contribution is 2.16. The van der Waals surface area contributed by atoms with Crippen LogP contribution in [0, 0.1) is 0 Å². The number of rotatable bonds is 5. The van der Waals surface area contributed by atoms with Crippen molar-refractivity contribution in [3.8, 4) is 0 Å². The van der Waals surface area contributed by atoms with Crippen LogP contribution in [0.3, 0.4) is 0 Å². The first-order chi connectivity index (χ1) is 7.05. The van der Waals surface area contributed by atoms with Gasteiger partial charge in [-0.1, -0.05) is 0 Å². The Morgan fingerprint density at radius 3 is 2.47 bits per heavy atom. The zero-order valence-electron chi connectivity index (χ0n) is 9.70. The van der Waals surface area contributed by atoms with E-state index in [1.54, 1.807) is 0 Å². The fourth-order valence-electron chi connectivity index (χ4n) is 2.01. The maximum atomic E-state index is 11.3. The molecule has 0 saturated carbocycles. The van der Waals surface area contributed by atoms with E-state index >= 15 is 0 Å². The Morgan fingerprint density at radius 1 is 1.33 bits per heavy atom. The molecule has 90 valence electrons. The SMILES string of the molecule is CNCCCN(C)C1CCS(=O)(=O)CC1. The van der Waals surface area contributed by atoms with Crippen LogP contribution in [0.5, 0.6) is 0 Å². The van der Waals surface area contributed by atoms with Gasteiger partial charge in [0.2, 0.25) is 0 Å². The van der Waals surface area contributed by atoms with Crippen molar-refractivity contribution in [1.82, 2.24) is 10.2 Å². The van der Waals surface area contributed by atoms with Gasteiger partial charge in [0.1, 0.15) is 9.84 Å². The summed E-state index contributed by atoms with van der Waals surface area (Å²) in [5, 5.41) is 3.12. The van der Waals surface area contributed by atoms with E-state index in [0.29, 0.717) is 17.5 Å². The summed E-state index contributed by atoms with van der Waals surface area (Å²) in [5.74, 6) is 0.738. The van der Waals surface area contributed by atoms with Crippen molar-refractivity contribution in [2.45, 2.75) is 25.3 Å². The van der Waals surface area contributed by atoms with Gasteiger partial charge >= 0.3 is 0 Å². The summed E-state index contributed by atoms with van der Waals surface area (Å²) in [6, 6.07) is 0.463. The average Bonchev–Trinajstić information content (AvgIpc) is 2.18. The molecule has 0 aromatic rings. The normalized spacial score (nSPS) is 22.1. The Morgan fingerprint density at radius 2 is 1.93 bits per heavy atom. The molecule has 0 atom stereocenters. The van der Waals surface area contributed by atoms with Crippen molar-refractivity contribution >= 4 is 9.84 Å². The average molecular weight is 234 g/mol. The van der Waals surface area contributed by atoms with Crippen LogP contribution in [0.2, 0.25) is 0 Å². The minimum Gasteiger partial charge on any atom is -0.320 e. The molecule has 1 N–H and O–H groups in total. The lowest BCUT2D eigenvalue weighted by atomic mass is 10.1. The molecule has 1 fully saturated rings. The monoisotopic (exact) mass is 234 g/mol. The van der Waals surface area contributed by atoms with Gasteiger partial charge in [0.25, 0.3) is 0 Å². The van der Waals surface area contributed by atoms with Gasteiger partial charge in [0.05, 0.1) is 11.5 Å². The molecule has 0 aliphatic carbocycles. The summed E-state index contributed by atoms with van der Waals surface area (Å²) in [5.41, 5.74) is 0. The van der Waals surface area contributed by atoms with Gasteiger partial charge in [0, 0.05) is 6.04 Å². The van der Waals surface area contributed by atoms with Crippen LogP contribution in [0.1, 0.15) is 19.3 Å². The zero-order valence-corrected chi connectivity index (χ0v) is 10.5. The van der Waals surface area contributed by atoms with Gasteiger partial charge in [-0.25, -0.2) is 8.42 Å². The summed E-state index contributed by atoms with van der Waals surface area (Å²) in [4.78, 5) is 2.30. The number of nitrogens with zero attached hydrogens (tertiary/aromatic N) is 1. The van der Waals surface area contributed by atoms with Crippen LogP contribution in [0.25, 0.3) is 0 Å². The first kappa shape index (κ1) is 12.9. The fourth-order valence-corrected chi connectivity index (χ4v) is 3.47. The summed E-state index contributed by atoms with van der Waals surface area (Å²) in [7, 11) is 1.33. The maximum absolute atomic E-state index is 11.3. The van der Waals surface area contributed by atoms with Crippen LogP contribution >= 0.6 is 0 Å². The Kier molecular flexibility index (Phi) is 5.02. The molecule has 0 bridgehead atoms. The molecule has 1 aliphatic heterocycles. The molecular weight excluding hydrogens is 212 g/mol. The third kappa shape index (κ3) is 4.49. The standard InChI is InChI=1S/C10H22N2O2S/c1-11-6-3-7-12(2)10-4-8-15(13,14)9-5-10/h10-11H,3-9H2,1-2H3. The first-order valence-electron chi connectivity index (χ1n) is 5.60. The molecule has 1 saturated heterocycles. The molecule has 5 heteroatoms. The largest absolute Gasteiger partial charge is 0.320 e. The number of sulfone groups is 1. The zero-order chi connectivity index (χ0) is 11.3. The molecule has 1 rings (SSSR count). The highest BCUT2D eigenvalue weighted by atomic mass is 32.2. The van der Waals surface area contributed by atoms with E-state index in [1.165, 1.54) is 0 Å². The number of hydrogen-bond acceptors (Lipinski definition) is 4. The van der Waals surface area contributed by atoms with E-state index in [4.69, 9.17) is 0 Å². The predicted molar refractivity (Wildman–Crippen MR) is 62.8 cm³/mol. The van der Waals surface area contributed by atoms with E-state index in [2.05, 4.69) is 17.3 Å². The maximum Gasteiger partial charge on any atom is 0.150 e. The van der Waals surface area contributed by atoms with Gasteiger partial charge in [-0.05, 0) is 46.4 Å². The summed E-state index contributed by atoms with van der Waals surface area (Å²) < 4.78 is 22.5. The second-order valence-electron chi connectivity index (χ2n) is 4.32. The van der Waals surface area contributed by atoms with Crippen molar-refractivity contribution in [3.05, 3.63) is 0 Å². The highest BCUT2D eigenvalue weighted by molar-refractivity contribution is 7.91. The van der Waals surface area contributed by atoms with E-state index in [9.17, 15) is 8.42 Å². The van der Waals surface area contributed by atoms with Crippen LogP contribution in [0.4, 0.5) is 0 Å². The molecule has 0 aromatic heterocycles. The Bertz CT molecular complexity index is 263. The molecule has 0 spiro atoms. The molecule has 4 nitrogen and oxygen atoms in total. The summed E-state index contributed by atoms with van der Waals surface area (Å²) in [6.45, 7) is 2.07. The molecule has 0 radical (unpaired) electrons. The molecule has 1 aliphatic rings. The van der Waals surface area contributed by atoms with Crippen molar-refractivity contribution < 1.29 is 8.42 Å². The van der Waals surface area contributed by atoms with Crippen molar-refractivity contribution in [3.63, 3.8) is 0 Å². The van der Waals surface area contributed by atoms with Gasteiger partial charge in [0.15, 0.2) is 0 Å². The van der Waals surface area contributed by atoms with Crippen LogP contribution in [0.15, 0.2) is 0 Å². The van der Waals surface area contributed by atoms with E-state index in [-0.39, 0.29) is 0 Å². The lowest BCUT2D eigenvalue weighted by Crippen LogP contribution is -2.39. The minimum atomic E-state index is -2.71. The summed E-state index contributed by atoms with van der Waals surface area (Å²) in [6.07, 6.45) is 2.73.